The predicted octanol–water partition coefficient (Wildman–Crippen LogP) is 1.53. The molecule has 0 bridgehead atoms. The highest BCUT2D eigenvalue weighted by molar-refractivity contribution is 7.90. The van der Waals surface area contributed by atoms with Gasteiger partial charge in [0.15, 0.2) is 5.84 Å². The minimum absolute atomic E-state index is 0.160. The van der Waals surface area contributed by atoms with Gasteiger partial charge in [0.2, 0.25) is 0 Å². The molecule has 1 aromatic heterocycles. The Morgan fingerprint density at radius 1 is 1.29 bits per heavy atom. The molecular formula is C10H6ClN3O2S. The van der Waals surface area contributed by atoms with E-state index < -0.39 is 10.0 Å². The Morgan fingerprint density at radius 3 is 2.82 bits per heavy atom. The molecule has 2 heterocycles. The van der Waals surface area contributed by atoms with Gasteiger partial charge in [-0.25, -0.2) is 4.68 Å². The van der Waals surface area contributed by atoms with Crippen molar-refractivity contribution in [2.45, 2.75) is 4.90 Å². The number of rotatable bonds is 0. The first-order valence-electron chi connectivity index (χ1n) is 4.73. The van der Waals surface area contributed by atoms with E-state index in [0.717, 1.165) is 0 Å². The summed E-state index contributed by atoms with van der Waals surface area (Å²) < 4.78 is 28.7. The topological polar surface area (TPSA) is 64.3 Å². The van der Waals surface area contributed by atoms with Crippen molar-refractivity contribution in [3.63, 3.8) is 0 Å². The lowest BCUT2D eigenvalue weighted by atomic mass is 10.2. The normalized spacial score (nSPS) is 16.6. The first-order valence-corrected chi connectivity index (χ1v) is 6.55. The summed E-state index contributed by atoms with van der Waals surface area (Å²) in [6.07, 6.45) is 3.18. The summed E-state index contributed by atoms with van der Waals surface area (Å²) in [5, 5.41) is 4.43. The first-order chi connectivity index (χ1) is 8.08. The van der Waals surface area contributed by atoms with Gasteiger partial charge in [-0.2, -0.15) is 13.5 Å². The molecule has 0 atom stereocenters. The molecule has 3 rings (SSSR count). The van der Waals surface area contributed by atoms with E-state index in [1.807, 2.05) is 0 Å². The van der Waals surface area contributed by atoms with Crippen LogP contribution in [0.25, 0.3) is 0 Å². The second kappa shape index (κ2) is 3.41. The van der Waals surface area contributed by atoms with E-state index in [-0.39, 0.29) is 10.7 Å². The van der Waals surface area contributed by atoms with E-state index >= 15 is 0 Å². The molecule has 0 radical (unpaired) electrons. The smallest absolute Gasteiger partial charge is 0.221 e. The second-order valence-electron chi connectivity index (χ2n) is 3.48. The summed E-state index contributed by atoms with van der Waals surface area (Å²) in [5.41, 5.74) is 0.473. The van der Waals surface area contributed by atoms with Gasteiger partial charge in [-0.05, 0) is 24.3 Å². The fraction of sp³-hybridized carbons (Fsp3) is 0. The quantitative estimate of drug-likeness (QED) is 0.727. The fourth-order valence-electron chi connectivity index (χ4n) is 1.67. The van der Waals surface area contributed by atoms with Gasteiger partial charge in [-0.15, -0.1) is 4.40 Å². The number of fused-ring (bicyclic) bond motifs is 1. The van der Waals surface area contributed by atoms with Gasteiger partial charge in [-0.1, -0.05) is 11.6 Å². The summed E-state index contributed by atoms with van der Waals surface area (Å²) in [5.74, 6) is 0.271. The Labute approximate surface area is 102 Å². The number of benzene rings is 1. The molecule has 86 valence electrons. The Hall–Kier alpha value is -1.66. The van der Waals surface area contributed by atoms with E-state index in [9.17, 15) is 8.42 Å². The van der Waals surface area contributed by atoms with Gasteiger partial charge in [0.25, 0.3) is 10.0 Å². The SMILES string of the molecule is O=S1(=O)N=C(n2cccn2)c2cc(Cl)ccc21. The van der Waals surface area contributed by atoms with Crippen LogP contribution in [0.5, 0.6) is 0 Å². The third kappa shape index (κ3) is 1.57. The minimum atomic E-state index is -3.63. The second-order valence-corrected chi connectivity index (χ2v) is 5.49. The zero-order chi connectivity index (χ0) is 12.0. The van der Waals surface area contributed by atoms with Crippen LogP contribution in [0.3, 0.4) is 0 Å². The number of aromatic nitrogens is 2. The van der Waals surface area contributed by atoms with Crippen LogP contribution < -0.4 is 0 Å². The first kappa shape index (κ1) is 10.5. The number of hydrogen-bond acceptors (Lipinski definition) is 3. The summed E-state index contributed by atoms with van der Waals surface area (Å²) in [6.45, 7) is 0. The van der Waals surface area contributed by atoms with Crippen LogP contribution in [-0.4, -0.2) is 24.0 Å². The molecule has 1 aliphatic heterocycles. The van der Waals surface area contributed by atoms with Crippen molar-refractivity contribution in [3.05, 3.63) is 47.2 Å². The van der Waals surface area contributed by atoms with Gasteiger partial charge in [0.05, 0.1) is 0 Å². The van der Waals surface area contributed by atoms with Crippen molar-refractivity contribution in [1.29, 1.82) is 0 Å². The lowest BCUT2D eigenvalue weighted by molar-refractivity contribution is 0.599. The maximum absolute atomic E-state index is 11.8. The Morgan fingerprint density at radius 2 is 2.12 bits per heavy atom. The Bertz CT molecular complexity index is 720. The maximum atomic E-state index is 11.8. The van der Waals surface area contributed by atoms with Crippen LogP contribution in [0.4, 0.5) is 0 Å². The number of halogens is 1. The largest absolute Gasteiger partial charge is 0.285 e. The maximum Gasteiger partial charge on any atom is 0.285 e. The van der Waals surface area contributed by atoms with Gasteiger partial charge in [0, 0.05) is 23.0 Å². The molecule has 2 aromatic rings. The summed E-state index contributed by atoms with van der Waals surface area (Å²) in [6, 6.07) is 6.24. The van der Waals surface area contributed by atoms with E-state index in [1.165, 1.54) is 16.8 Å². The Balaban J connectivity index is 2.32. The average molecular weight is 268 g/mol. The molecule has 0 aliphatic carbocycles. The summed E-state index contributed by atoms with van der Waals surface area (Å²) >= 11 is 5.86. The van der Waals surface area contributed by atoms with Gasteiger partial charge < -0.3 is 0 Å². The lowest BCUT2D eigenvalue weighted by Gasteiger charge is -2.01. The van der Waals surface area contributed by atoms with Crippen molar-refractivity contribution in [1.82, 2.24) is 9.78 Å². The number of sulfonamides is 1. The monoisotopic (exact) mass is 267 g/mol. The molecular weight excluding hydrogens is 262 g/mol. The fourth-order valence-corrected chi connectivity index (χ4v) is 3.02. The van der Waals surface area contributed by atoms with E-state index in [1.54, 1.807) is 24.5 Å². The summed E-state index contributed by atoms with van der Waals surface area (Å²) in [4.78, 5) is 0.160. The van der Waals surface area contributed by atoms with E-state index in [0.29, 0.717) is 10.6 Å². The molecule has 0 unspecified atom stereocenters. The van der Waals surface area contributed by atoms with Crippen molar-refractivity contribution >= 4 is 27.5 Å². The summed E-state index contributed by atoms with van der Waals surface area (Å²) in [7, 11) is -3.63. The Kier molecular flexibility index (Phi) is 2.11. The van der Waals surface area contributed by atoms with Gasteiger partial charge in [0.1, 0.15) is 4.90 Å². The lowest BCUT2D eigenvalue weighted by Crippen LogP contribution is -2.11. The predicted molar refractivity (Wildman–Crippen MR) is 62.8 cm³/mol. The van der Waals surface area contributed by atoms with Crippen LogP contribution in [0, 0.1) is 0 Å². The molecule has 7 heteroatoms. The molecule has 1 aromatic carbocycles. The van der Waals surface area contributed by atoms with Crippen LogP contribution in [0.15, 0.2) is 46.0 Å². The average Bonchev–Trinajstić information content (AvgIpc) is 2.85. The molecule has 0 saturated heterocycles. The molecule has 1 aliphatic rings. The zero-order valence-electron chi connectivity index (χ0n) is 8.41. The highest BCUT2D eigenvalue weighted by Crippen LogP contribution is 2.28. The number of nitrogens with zero attached hydrogens (tertiary/aromatic N) is 3. The van der Waals surface area contributed by atoms with Crippen LogP contribution >= 0.6 is 11.6 Å². The third-order valence-corrected chi connectivity index (χ3v) is 3.95. The standard InChI is InChI=1S/C10H6ClN3O2S/c11-7-2-3-9-8(6-7)10(13-17(9,15)16)14-5-1-4-12-14/h1-6H. The van der Waals surface area contributed by atoms with Crippen molar-refractivity contribution in [2.75, 3.05) is 0 Å². The van der Waals surface area contributed by atoms with Crippen LogP contribution in [0.1, 0.15) is 5.56 Å². The number of hydrogen-bond donors (Lipinski definition) is 0. The highest BCUT2D eigenvalue weighted by Gasteiger charge is 2.30. The van der Waals surface area contributed by atoms with E-state index in [2.05, 4.69) is 9.50 Å². The van der Waals surface area contributed by atoms with Crippen LogP contribution in [0.2, 0.25) is 5.02 Å². The van der Waals surface area contributed by atoms with Crippen molar-refractivity contribution in [3.8, 4) is 0 Å². The minimum Gasteiger partial charge on any atom is -0.221 e. The molecule has 0 amide bonds. The van der Waals surface area contributed by atoms with E-state index in [4.69, 9.17) is 11.6 Å². The van der Waals surface area contributed by atoms with Gasteiger partial charge in [-0.3, -0.25) is 0 Å². The molecule has 0 fully saturated rings. The molecule has 0 saturated carbocycles. The van der Waals surface area contributed by atoms with Crippen molar-refractivity contribution in [2.24, 2.45) is 4.40 Å². The molecule has 0 N–H and O–H groups in total. The zero-order valence-corrected chi connectivity index (χ0v) is 9.98. The highest BCUT2D eigenvalue weighted by atomic mass is 35.5. The molecule has 5 nitrogen and oxygen atoms in total. The van der Waals surface area contributed by atoms with Crippen LogP contribution in [-0.2, 0) is 10.0 Å². The van der Waals surface area contributed by atoms with Gasteiger partial charge >= 0.3 is 0 Å². The van der Waals surface area contributed by atoms with Crippen molar-refractivity contribution < 1.29 is 8.42 Å². The third-order valence-electron chi connectivity index (χ3n) is 2.39. The molecule has 17 heavy (non-hydrogen) atoms. The molecule has 0 spiro atoms.